The first kappa shape index (κ1) is 43.3. The molecule has 0 atom stereocenters. The zero-order valence-electron chi connectivity index (χ0n) is 21.2. The van der Waals surface area contributed by atoms with Gasteiger partial charge < -0.3 is 10.2 Å². The molecular formula is C20H20CuF14O6. The van der Waals surface area contributed by atoms with E-state index < -0.39 is 70.7 Å². The monoisotopic (exact) mass is 685 g/mol. The summed E-state index contributed by atoms with van der Waals surface area (Å²) < 4.78 is 176. The van der Waals surface area contributed by atoms with E-state index in [0.29, 0.717) is 0 Å². The van der Waals surface area contributed by atoms with Crippen LogP contribution in [0.25, 0.3) is 0 Å². The van der Waals surface area contributed by atoms with Crippen LogP contribution in [0.3, 0.4) is 0 Å². The van der Waals surface area contributed by atoms with E-state index in [1.807, 2.05) is 9.47 Å². The van der Waals surface area contributed by atoms with E-state index in [2.05, 4.69) is 0 Å². The summed E-state index contributed by atoms with van der Waals surface area (Å²) in [5.74, 6) is -19.7. The van der Waals surface area contributed by atoms with Gasteiger partial charge in [-0.3, -0.25) is 9.59 Å². The van der Waals surface area contributed by atoms with Gasteiger partial charge in [0.2, 0.25) is 11.6 Å². The van der Waals surface area contributed by atoms with Crippen LogP contribution >= 0.6 is 0 Å². The molecular weight excluding hydrogens is 666 g/mol. The van der Waals surface area contributed by atoms with Gasteiger partial charge in [0.25, 0.3) is 0 Å². The van der Waals surface area contributed by atoms with Gasteiger partial charge in [0, 0.05) is 0 Å². The third-order valence-corrected chi connectivity index (χ3v) is 3.84. The summed E-state index contributed by atoms with van der Waals surface area (Å²) in [6.07, 6.45) is -25.2. The molecule has 0 bridgehead atoms. The molecule has 0 unspecified atom stereocenters. The molecule has 0 fully saturated rings. The first-order valence-corrected chi connectivity index (χ1v) is 9.93. The molecule has 6 nitrogen and oxygen atoms in total. The Kier molecular flexibility index (Phi) is 14.2. The van der Waals surface area contributed by atoms with Crippen LogP contribution in [0.2, 0.25) is 0 Å². The fourth-order valence-corrected chi connectivity index (χ4v) is 1.56. The summed E-state index contributed by atoms with van der Waals surface area (Å²) in [7, 11) is 0. The summed E-state index contributed by atoms with van der Waals surface area (Å²) in [5.41, 5.74) is -2.68. The Bertz CT molecular complexity index is 893. The van der Waals surface area contributed by atoms with E-state index in [4.69, 9.17) is 0 Å². The maximum Gasteiger partial charge on any atom is 2.00 e. The number of ether oxygens (including phenoxy) is 2. The molecule has 0 aliphatic carbocycles. The fourth-order valence-electron chi connectivity index (χ4n) is 1.56. The Morgan fingerprint density at radius 1 is 0.512 bits per heavy atom. The molecule has 0 heterocycles. The maximum atomic E-state index is 13.0. The van der Waals surface area contributed by atoms with Crippen molar-refractivity contribution in [2.75, 3.05) is 0 Å². The van der Waals surface area contributed by atoms with E-state index in [1.54, 1.807) is 0 Å². The minimum atomic E-state index is -6.13. The molecule has 21 heteroatoms. The average Bonchev–Trinajstić information content (AvgIpc) is 2.62. The minimum Gasteiger partial charge on any atom is -0.875 e. The number of rotatable bonds is 8. The van der Waals surface area contributed by atoms with Crippen molar-refractivity contribution in [1.82, 2.24) is 0 Å². The van der Waals surface area contributed by atoms with Gasteiger partial charge in [-0.25, -0.2) is 9.47 Å². The van der Waals surface area contributed by atoms with E-state index in [0.717, 1.165) is 0 Å². The normalized spacial score (nSPS) is 15.0. The van der Waals surface area contributed by atoms with Crippen molar-refractivity contribution in [3.63, 3.8) is 0 Å². The van der Waals surface area contributed by atoms with Crippen LogP contribution in [-0.2, 0) is 36.1 Å². The summed E-state index contributed by atoms with van der Waals surface area (Å²) >= 11 is 0. The number of hydrogen-bond acceptors (Lipinski definition) is 6. The molecule has 0 aromatic heterocycles. The zero-order valence-corrected chi connectivity index (χ0v) is 22.1. The molecule has 245 valence electrons. The topological polar surface area (TPSA) is 98.7 Å². The molecule has 0 aliphatic rings. The van der Waals surface area contributed by atoms with Crippen LogP contribution in [0.15, 0.2) is 23.7 Å². The van der Waals surface area contributed by atoms with Gasteiger partial charge in [-0.15, -0.1) is 37.9 Å². The number of carbonyl (C=O) groups excluding carboxylic acids is 2. The van der Waals surface area contributed by atoms with E-state index >= 15 is 0 Å². The average molecular weight is 686 g/mol. The van der Waals surface area contributed by atoms with E-state index in [-0.39, 0.29) is 29.2 Å². The van der Waals surface area contributed by atoms with Gasteiger partial charge in [-0.05, 0) is 23.0 Å². The largest absolute Gasteiger partial charge is 2.00 e. The third kappa shape index (κ3) is 13.6. The molecule has 0 N–H and O–H groups in total. The molecule has 0 spiro atoms. The van der Waals surface area contributed by atoms with Crippen LogP contribution in [-0.4, -0.2) is 48.4 Å². The fraction of sp³-hybridized carbons (Fsp3) is 0.700. The van der Waals surface area contributed by atoms with Crippen molar-refractivity contribution in [1.29, 1.82) is 0 Å². The maximum absolute atomic E-state index is 13.0. The van der Waals surface area contributed by atoms with Crippen molar-refractivity contribution in [3.05, 3.63) is 23.7 Å². The number of ketones is 2. The van der Waals surface area contributed by atoms with Crippen LogP contribution in [0, 0.1) is 10.8 Å². The van der Waals surface area contributed by atoms with Crippen LogP contribution < -0.4 is 10.2 Å². The van der Waals surface area contributed by atoms with Crippen molar-refractivity contribution >= 4 is 11.6 Å². The SMILES string of the molecule is CC(C)(C)/C([O-])=C/C(=O)C(F)(F)C(F)(F)OC(F)(F)F.CC(C)(C)/C([O-])=C/C(=O)C(F)(F)C(F)(F)OC(F)(F)F.[Cu+2]. The quantitative estimate of drug-likeness (QED) is 0.151. The minimum absolute atomic E-state index is 0. The van der Waals surface area contributed by atoms with Crippen LogP contribution in [0.1, 0.15) is 41.5 Å². The molecule has 41 heavy (non-hydrogen) atoms. The number of allylic oxidation sites excluding steroid dienone is 4. The molecule has 0 saturated heterocycles. The van der Waals surface area contributed by atoms with Gasteiger partial charge in [0.1, 0.15) is 0 Å². The molecule has 0 rings (SSSR count). The van der Waals surface area contributed by atoms with Crippen LogP contribution in [0.5, 0.6) is 0 Å². The molecule has 0 amide bonds. The molecule has 0 aliphatic heterocycles. The van der Waals surface area contributed by atoms with E-state index in [1.165, 1.54) is 41.5 Å². The summed E-state index contributed by atoms with van der Waals surface area (Å²) in [6.45, 7) is 7.18. The summed E-state index contributed by atoms with van der Waals surface area (Å²) in [6, 6.07) is 0. The Labute approximate surface area is 232 Å². The van der Waals surface area contributed by atoms with Crippen LogP contribution in [0.4, 0.5) is 61.5 Å². The first-order valence-electron chi connectivity index (χ1n) is 9.93. The second-order valence-corrected chi connectivity index (χ2v) is 9.52. The number of carbonyl (C=O) groups is 2. The second-order valence-electron chi connectivity index (χ2n) is 9.52. The Balaban J connectivity index is -0.000000688. The van der Waals surface area contributed by atoms with Gasteiger partial charge in [-0.2, -0.15) is 35.1 Å². The second kappa shape index (κ2) is 13.5. The van der Waals surface area contributed by atoms with Gasteiger partial charge in [0.05, 0.1) is 0 Å². The van der Waals surface area contributed by atoms with E-state index in [9.17, 15) is 81.3 Å². The first-order chi connectivity index (χ1) is 17.0. The summed E-state index contributed by atoms with van der Waals surface area (Å²) in [4.78, 5) is 21.8. The Morgan fingerprint density at radius 2 is 0.707 bits per heavy atom. The smallest absolute Gasteiger partial charge is 0.875 e. The standard InChI is InChI=1S/2C10H11F7O3.Cu/c2*1-7(2,3)5(18)4-6(19)8(11,12)9(13,14)20-10(15,16)17;/h2*4,18H,1-3H3;/q;;+2/p-2/b2*5-4-;. The Hall–Kier alpha value is -2.12. The zero-order chi connectivity index (χ0) is 33.1. The van der Waals surface area contributed by atoms with Crippen molar-refractivity contribution in [3.8, 4) is 0 Å². The van der Waals surface area contributed by atoms with Crippen molar-refractivity contribution in [2.45, 2.75) is 78.3 Å². The van der Waals surface area contributed by atoms with Gasteiger partial charge in [0.15, 0.2) is 0 Å². The summed E-state index contributed by atoms with van der Waals surface area (Å²) in [5, 5.41) is 22.4. The number of alkyl halides is 14. The Morgan fingerprint density at radius 3 is 0.854 bits per heavy atom. The molecule has 0 aromatic rings. The van der Waals surface area contributed by atoms with Crippen molar-refractivity contribution < 1.29 is 108 Å². The van der Waals surface area contributed by atoms with Crippen molar-refractivity contribution in [2.24, 2.45) is 10.8 Å². The molecule has 0 aromatic carbocycles. The molecule has 1 radical (unpaired) electrons. The predicted octanol–water partition coefficient (Wildman–Crippen LogP) is 5.22. The number of halogens is 14. The third-order valence-electron chi connectivity index (χ3n) is 3.84. The van der Waals surface area contributed by atoms with Gasteiger partial charge >= 0.3 is 53.9 Å². The number of hydrogen-bond donors (Lipinski definition) is 0. The van der Waals surface area contributed by atoms with Gasteiger partial charge in [-0.1, -0.05) is 41.5 Å². The molecule has 0 saturated carbocycles. The predicted molar refractivity (Wildman–Crippen MR) is 99.2 cm³/mol.